The Morgan fingerprint density at radius 1 is 1.54 bits per heavy atom. The van der Waals surface area contributed by atoms with Crippen molar-refractivity contribution in [2.24, 2.45) is 0 Å². The van der Waals surface area contributed by atoms with Crippen molar-refractivity contribution < 1.29 is 5.11 Å². The van der Waals surface area contributed by atoms with E-state index in [1.165, 1.54) is 0 Å². The predicted molar refractivity (Wildman–Crippen MR) is 50.4 cm³/mol. The van der Waals surface area contributed by atoms with E-state index in [2.05, 4.69) is 4.98 Å². The van der Waals surface area contributed by atoms with Gasteiger partial charge in [-0.2, -0.15) is 0 Å². The summed E-state index contributed by atoms with van der Waals surface area (Å²) in [4.78, 5) is 4.13. The van der Waals surface area contributed by atoms with Crippen LogP contribution in [0.25, 0.3) is 5.65 Å². The van der Waals surface area contributed by atoms with Crippen LogP contribution < -0.4 is 0 Å². The highest BCUT2D eigenvalue weighted by atomic mass is 16.3. The molecule has 13 heavy (non-hydrogen) atoms. The van der Waals surface area contributed by atoms with Crippen molar-refractivity contribution in [2.45, 2.75) is 19.4 Å². The van der Waals surface area contributed by atoms with E-state index >= 15 is 0 Å². The van der Waals surface area contributed by atoms with Gasteiger partial charge in [0.2, 0.25) is 0 Å². The van der Waals surface area contributed by atoms with Crippen LogP contribution in [0.1, 0.15) is 25.0 Å². The maximum absolute atomic E-state index is 9.59. The lowest BCUT2D eigenvalue weighted by Crippen LogP contribution is -1.97. The average Bonchev–Trinajstić information content (AvgIpc) is 2.63. The summed E-state index contributed by atoms with van der Waals surface area (Å²) in [5, 5.41) is 9.59. The van der Waals surface area contributed by atoms with Gasteiger partial charge in [0.15, 0.2) is 0 Å². The van der Waals surface area contributed by atoms with Gasteiger partial charge in [0, 0.05) is 18.6 Å². The van der Waals surface area contributed by atoms with Crippen LogP contribution in [0.2, 0.25) is 0 Å². The van der Waals surface area contributed by atoms with Crippen molar-refractivity contribution in [1.82, 2.24) is 9.38 Å². The van der Waals surface area contributed by atoms with Gasteiger partial charge in [0.25, 0.3) is 0 Å². The highest BCUT2D eigenvalue weighted by Gasteiger charge is 2.04. The van der Waals surface area contributed by atoms with Gasteiger partial charge in [-0.3, -0.25) is 0 Å². The number of pyridine rings is 1. The maximum Gasteiger partial charge on any atom is 0.136 e. The minimum absolute atomic E-state index is 0.369. The molecule has 1 N–H and O–H groups in total. The first-order chi connectivity index (χ1) is 6.31. The largest absolute Gasteiger partial charge is 0.388 e. The highest BCUT2D eigenvalue weighted by Crippen LogP contribution is 2.16. The van der Waals surface area contributed by atoms with Crippen LogP contribution in [-0.2, 0) is 0 Å². The third kappa shape index (κ3) is 1.42. The Morgan fingerprint density at radius 2 is 2.38 bits per heavy atom. The third-order valence-corrected chi connectivity index (χ3v) is 2.18. The molecule has 2 aromatic heterocycles. The summed E-state index contributed by atoms with van der Waals surface area (Å²) in [7, 11) is 0. The number of aliphatic hydroxyl groups is 1. The van der Waals surface area contributed by atoms with Gasteiger partial charge >= 0.3 is 0 Å². The Balaban J connectivity index is 2.48. The fraction of sp³-hybridized carbons (Fsp3) is 0.300. The van der Waals surface area contributed by atoms with E-state index in [1.807, 2.05) is 35.9 Å². The van der Waals surface area contributed by atoms with Gasteiger partial charge in [-0.05, 0) is 18.1 Å². The number of aromatic nitrogens is 2. The predicted octanol–water partition coefficient (Wildman–Crippen LogP) is 1.78. The molecule has 0 unspecified atom stereocenters. The van der Waals surface area contributed by atoms with Crippen molar-refractivity contribution in [1.29, 1.82) is 0 Å². The van der Waals surface area contributed by atoms with Crippen LogP contribution in [0.4, 0.5) is 0 Å². The van der Waals surface area contributed by atoms with Crippen LogP contribution in [0, 0.1) is 0 Å². The topological polar surface area (TPSA) is 37.5 Å². The monoisotopic (exact) mass is 176 g/mol. The van der Waals surface area contributed by atoms with E-state index in [1.54, 1.807) is 6.20 Å². The Labute approximate surface area is 76.7 Å². The minimum Gasteiger partial charge on any atom is -0.388 e. The minimum atomic E-state index is -0.369. The lowest BCUT2D eigenvalue weighted by Gasteiger charge is -2.07. The van der Waals surface area contributed by atoms with E-state index in [0.29, 0.717) is 0 Å². The van der Waals surface area contributed by atoms with E-state index < -0.39 is 0 Å². The van der Waals surface area contributed by atoms with Crippen molar-refractivity contribution in [2.75, 3.05) is 0 Å². The summed E-state index contributed by atoms with van der Waals surface area (Å²) in [6.45, 7) is 1.96. The number of rotatable bonds is 2. The molecule has 0 bridgehead atoms. The Hall–Kier alpha value is -1.35. The van der Waals surface area contributed by atoms with Crippen molar-refractivity contribution in [3.05, 3.63) is 36.3 Å². The van der Waals surface area contributed by atoms with Crippen LogP contribution >= 0.6 is 0 Å². The second kappa shape index (κ2) is 3.18. The normalized spacial score (nSPS) is 13.4. The Morgan fingerprint density at radius 3 is 3.15 bits per heavy atom. The zero-order valence-corrected chi connectivity index (χ0v) is 7.51. The summed E-state index contributed by atoms with van der Waals surface area (Å²) in [6, 6.07) is 3.82. The first-order valence-electron chi connectivity index (χ1n) is 4.42. The molecule has 0 radical (unpaired) electrons. The van der Waals surface area contributed by atoms with Gasteiger partial charge < -0.3 is 9.51 Å². The molecule has 68 valence electrons. The van der Waals surface area contributed by atoms with Gasteiger partial charge in [-0.1, -0.05) is 13.0 Å². The summed E-state index contributed by atoms with van der Waals surface area (Å²) in [6.07, 6.45) is 5.90. The van der Waals surface area contributed by atoms with Crippen molar-refractivity contribution in [3.63, 3.8) is 0 Å². The van der Waals surface area contributed by atoms with E-state index in [-0.39, 0.29) is 6.10 Å². The molecule has 0 aliphatic carbocycles. The summed E-state index contributed by atoms with van der Waals surface area (Å²) >= 11 is 0. The standard InChI is InChI=1S/C10H12N2O/c1-2-9(13)8-3-4-10-11-5-6-12(10)7-8/h3-7,9,13H,2H2,1H3/t9-/m0/s1. The maximum atomic E-state index is 9.59. The molecule has 1 atom stereocenters. The first kappa shape index (κ1) is 8.26. The molecule has 0 aromatic carbocycles. The number of hydrogen-bond acceptors (Lipinski definition) is 2. The number of hydrogen-bond donors (Lipinski definition) is 1. The van der Waals surface area contributed by atoms with Gasteiger partial charge in [0.05, 0.1) is 6.10 Å². The molecule has 3 nitrogen and oxygen atoms in total. The lowest BCUT2D eigenvalue weighted by molar-refractivity contribution is 0.173. The summed E-state index contributed by atoms with van der Waals surface area (Å²) in [5.74, 6) is 0. The molecular formula is C10H12N2O. The zero-order valence-electron chi connectivity index (χ0n) is 7.51. The van der Waals surface area contributed by atoms with Gasteiger partial charge in [-0.15, -0.1) is 0 Å². The second-order valence-electron chi connectivity index (χ2n) is 3.08. The molecular weight excluding hydrogens is 164 g/mol. The van der Waals surface area contributed by atoms with Crippen LogP contribution in [0.3, 0.4) is 0 Å². The molecule has 0 saturated heterocycles. The molecule has 0 amide bonds. The van der Waals surface area contributed by atoms with Crippen molar-refractivity contribution in [3.8, 4) is 0 Å². The van der Waals surface area contributed by atoms with Crippen LogP contribution in [0.15, 0.2) is 30.7 Å². The Kier molecular flexibility index (Phi) is 2.02. The fourth-order valence-electron chi connectivity index (χ4n) is 1.37. The summed E-state index contributed by atoms with van der Waals surface area (Å²) in [5.41, 5.74) is 1.85. The number of aliphatic hydroxyl groups excluding tert-OH is 1. The average molecular weight is 176 g/mol. The van der Waals surface area contributed by atoms with Gasteiger partial charge in [0.1, 0.15) is 5.65 Å². The fourth-order valence-corrected chi connectivity index (χ4v) is 1.37. The first-order valence-corrected chi connectivity index (χ1v) is 4.42. The quantitative estimate of drug-likeness (QED) is 0.757. The highest BCUT2D eigenvalue weighted by molar-refractivity contribution is 5.39. The molecule has 3 heteroatoms. The van der Waals surface area contributed by atoms with E-state index in [4.69, 9.17) is 0 Å². The Bertz CT molecular complexity index is 408. The third-order valence-electron chi connectivity index (χ3n) is 2.18. The van der Waals surface area contributed by atoms with Crippen LogP contribution in [-0.4, -0.2) is 14.5 Å². The smallest absolute Gasteiger partial charge is 0.136 e. The molecule has 0 fully saturated rings. The number of imidazole rings is 1. The molecule has 0 spiro atoms. The molecule has 2 heterocycles. The molecule has 0 aliphatic rings. The molecule has 2 rings (SSSR count). The number of fused-ring (bicyclic) bond motifs is 1. The summed E-state index contributed by atoms with van der Waals surface area (Å²) < 4.78 is 1.91. The van der Waals surface area contributed by atoms with E-state index in [9.17, 15) is 5.11 Å². The molecule has 0 saturated carbocycles. The number of nitrogens with zero attached hydrogens (tertiary/aromatic N) is 2. The lowest BCUT2D eigenvalue weighted by atomic mass is 10.1. The second-order valence-corrected chi connectivity index (χ2v) is 3.08. The SMILES string of the molecule is CC[C@H](O)c1ccc2nccn2c1. The van der Waals surface area contributed by atoms with Gasteiger partial charge in [-0.25, -0.2) is 4.98 Å². The molecule has 0 aliphatic heterocycles. The van der Waals surface area contributed by atoms with Crippen LogP contribution in [0.5, 0.6) is 0 Å². The van der Waals surface area contributed by atoms with Crippen molar-refractivity contribution >= 4 is 5.65 Å². The zero-order chi connectivity index (χ0) is 9.26. The van der Waals surface area contributed by atoms with E-state index in [0.717, 1.165) is 17.6 Å². The molecule has 2 aromatic rings.